The highest BCUT2D eigenvalue weighted by Gasteiger charge is 2.31. The van der Waals surface area contributed by atoms with Crippen molar-refractivity contribution in [3.05, 3.63) is 24.0 Å². The van der Waals surface area contributed by atoms with Gasteiger partial charge >= 0.3 is 0 Å². The van der Waals surface area contributed by atoms with Crippen molar-refractivity contribution in [3.63, 3.8) is 0 Å². The van der Waals surface area contributed by atoms with Gasteiger partial charge in [-0.3, -0.25) is 4.79 Å². The Morgan fingerprint density at radius 3 is 2.53 bits per heavy atom. The van der Waals surface area contributed by atoms with Crippen LogP contribution in [0.25, 0.3) is 0 Å². The third-order valence-electron chi connectivity index (χ3n) is 2.95. The first-order valence-electron chi connectivity index (χ1n) is 5.61. The highest BCUT2D eigenvalue weighted by Crippen LogP contribution is 2.21. The summed E-state index contributed by atoms with van der Waals surface area (Å²) in [5.41, 5.74) is 5.46. The molecule has 2 rings (SSSR count). The number of piperazine rings is 1. The van der Waals surface area contributed by atoms with Crippen LogP contribution in [0.5, 0.6) is 0 Å². The van der Waals surface area contributed by atoms with Gasteiger partial charge in [0.05, 0.1) is 11.4 Å². The fourth-order valence-corrected chi connectivity index (χ4v) is 3.27. The Hall–Kier alpha value is -1.67. The second kappa shape index (κ2) is 4.78. The van der Waals surface area contributed by atoms with Crippen LogP contribution < -0.4 is 5.73 Å². The van der Waals surface area contributed by atoms with Crippen LogP contribution in [0, 0.1) is 5.82 Å². The Labute approximate surface area is 110 Å². The van der Waals surface area contributed by atoms with Gasteiger partial charge in [0.15, 0.2) is 0 Å². The molecule has 2 N–H and O–H groups in total. The second-order valence-electron chi connectivity index (χ2n) is 4.37. The van der Waals surface area contributed by atoms with Crippen molar-refractivity contribution in [2.24, 2.45) is 0 Å². The Balaban J connectivity index is 2.35. The first-order chi connectivity index (χ1) is 8.80. The van der Waals surface area contributed by atoms with Crippen LogP contribution in [-0.2, 0) is 14.8 Å². The smallest absolute Gasteiger partial charge is 0.243 e. The number of anilines is 1. The fourth-order valence-electron chi connectivity index (χ4n) is 1.82. The molecule has 1 aliphatic rings. The summed E-state index contributed by atoms with van der Waals surface area (Å²) < 4.78 is 38.8. The van der Waals surface area contributed by atoms with Gasteiger partial charge in [0.1, 0.15) is 5.82 Å². The predicted molar refractivity (Wildman–Crippen MR) is 67.2 cm³/mol. The largest absolute Gasteiger partial charge is 0.399 e. The molecule has 6 nitrogen and oxygen atoms in total. The third kappa shape index (κ3) is 2.69. The van der Waals surface area contributed by atoms with E-state index >= 15 is 0 Å². The molecule has 0 bridgehead atoms. The van der Waals surface area contributed by atoms with Crippen molar-refractivity contribution in [1.29, 1.82) is 0 Å². The minimum atomic E-state index is -3.90. The molecule has 0 spiro atoms. The van der Waals surface area contributed by atoms with Crippen LogP contribution in [0.2, 0.25) is 0 Å². The molecular weight excluding hydrogens is 273 g/mol. The van der Waals surface area contributed by atoms with Gasteiger partial charge < -0.3 is 10.6 Å². The van der Waals surface area contributed by atoms with Crippen molar-refractivity contribution < 1.29 is 17.6 Å². The Morgan fingerprint density at radius 1 is 1.26 bits per heavy atom. The van der Waals surface area contributed by atoms with Crippen LogP contribution >= 0.6 is 0 Å². The van der Waals surface area contributed by atoms with E-state index in [0.29, 0.717) is 6.54 Å². The summed E-state index contributed by atoms with van der Waals surface area (Å²) in [6.07, 6.45) is 0. The third-order valence-corrected chi connectivity index (χ3v) is 4.78. The molecule has 1 fully saturated rings. The highest BCUT2D eigenvalue weighted by molar-refractivity contribution is 7.89. The SMILES string of the molecule is CN1CCN(S(=O)(=O)c2cc(N)cc(F)c2)CC1=O. The van der Waals surface area contributed by atoms with Gasteiger partial charge in [0.2, 0.25) is 15.9 Å². The monoisotopic (exact) mass is 287 g/mol. The number of nitrogens with two attached hydrogens (primary N) is 1. The molecule has 0 saturated carbocycles. The van der Waals surface area contributed by atoms with Crippen LogP contribution in [0.1, 0.15) is 0 Å². The zero-order chi connectivity index (χ0) is 14.2. The number of carbonyl (C=O) groups is 1. The van der Waals surface area contributed by atoms with Crippen LogP contribution in [0.3, 0.4) is 0 Å². The minimum Gasteiger partial charge on any atom is -0.399 e. The number of rotatable bonds is 2. The van der Waals surface area contributed by atoms with Gasteiger partial charge in [-0.25, -0.2) is 12.8 Å². The zero-order valence-electron chi connectivity index (χ0n) is 10.3. The van der Waals surface area contributed by atoms with E-state index in [9.17, 15) is 17.6 Å². The van der Waals surface area contributed by atoms with E-state index in [4.69, 9.17) is 5.73 Å². The molecule has 1 aliphatic heterocycles. The molecule has 8 heteroatoms. The average Bonchev–Trinajstić information content (AvgIpc) is 2.31. The number of amides is 1. The van der Waals surface area contributed by atoms with Gasteiger partial charge in [0.25, 0.3) is 0 Å². The van der Waals surface area contributed by atoms with E-state index in [-0.39, 0.29) is 29.6 Å². The molecule has 0 atom stereocenters. The van der Waals surface area contributed by atoms with Crippen molar-refractivity contribution in [2.45, 2.75) is 4.90 Å². The van der Waals surface area contributed by atoms with Gasteiger partial charge in [0, 0.05) is 25.8 Å². The lowest BCUT2D eigenvalue weighted by molar-refractivity contribution is -0.132. The number of nitrogen functional groups attached to an aromatic ring is 1. The molecule has 0 radical (unpaired) electrons. The maximum Gasteiger partial charge on any atom is 0.243 e. The molecule has 0 aliphatic carbocycles. The zero-order valence-corrected chi connectivity index (χ0v) is 11.2. The molecule has 1 saturated heterocycles. The molecule has 1 amide bonds. The van der Waals surface area contributed by atoms with Crippen LogP contribution in [0.4, 0.5) is 10.1 Å². The van der Waals surface area contributed by atoms with E-state index in [1.807, 2.05) is 0 Å². The summed E-state index contributed by atoms with van der Waals surface area (Å²) in [6, 6.07) is 3.11. The molecule has 0 aromatic heterocycles. The summed E-state index contributed by atoms with van der Waals surface area (Å²) in [5, 5.41) is 0. The summed E-state index contributed by atoms with van der Waals surface area (Å²) in [7, 11) is -2.29. The van der Waals surface area contributed by atoms with Crippen molar-refractivity contribution >= 4 is 21.6 Å². The predicted octanol–water partition coefficient (Wildman–Crippen LogP) is -0.129. The fraction of sp³-hybridized carbons (Fsp3) is 0.364. The standard InChI is InChI=1S/C11H14FN3O3S/c1-14-2-3-15(7-11(14)16)19(17,18)10-5-8(12)4-9(13)6-10/h4-6H,2-3,7,13H2,1H3. The van der Waals surface area contributed by atoms with Crippen LogP contribution in [-0.4, -0.2) is 50.2 Å². The Bertz CT molecular complexity index is 597. The van der Waals surface area contributed by atoms with E-state index in [2.05, 4.69) is 0 Å². The maximum atomic E-state index is 13.2. The second-order valence-corrected chi connectivity index (χ2v) is 6.31. The van der Waals surface area contributed by atoms with E-state index < -0.39 is 15.8 Å². The molecule has 1 aromatic carbocycles. The molecule has 104 valence electrons. The average molecular weight is 287 g/mol. The lowest BCUT2D eigenvalue weighted by atomic mass is 10.3. The number of benzene rings is 1. The first kappa shape index (κ1) is 13.8. The van der Waals surface area contributed by atoms with Gasteiger partial charge in [-0.15, -0.1) is 0 Å². The molecule has 1 heterocycles. The summed E-state index contributed by atoms with van der Waals surface area (Å²) in [6.45, 7) is 0.249. The van der Waals surface area contributed by atoms with E-state index in [1.54, 1.807) is 7.05 Å². The lowest BCUT2D eigenvalue weighted by Gasteiger charge is -2.31. The Morgan fingerprint density at radius 2 is 1.95 bits per heavy atom. The maximum absolute atomic E-state index is 13.2. The number of halogens is 1. The van der Waals surface area contributed by atoms with Crippen molar-refractivity contribution in [3.8, 4) is 0 Å². The van der Waals surface area contributed by atoms with Gasteiger partial charge in [-0.05, 0) is 18.2 Å². The van der Waals surface area contributed by atoms with Crippen molar-refractivity contribution in [2.75, 3.05) is 32.4 Å². The summed E-state index contributed by atoms with van der Waals surface area (Å²) >= 11 is 0. The van der Waals surface area contributed by atoms with Gasteiger partial charge in [-0.1, -0.05) is 0 Å². The topological polar surface area (TPSA) is 83.7 Å². The molecule has 1 aromatic rings. The lowest BCUT2D eigenvalue weighted by Crippen LogP contribution is -2.50. The number of nitrogens with zero attached hydrogens (tertiary/aromatic N) is 2. The number of likely N-dealkylation sites (N-methyl/N-ethyl adjacent to an activating group) is 1. The number of hydrogen-bond donors (Lipinski definition) is 1. The van der Waals surface area contributed by atoms with E-state index in [1.165, 1.54) is 11.0 Å². The Kier molecular flexibility index (Phi) is 3.46. The first-order valence-corrected chi connectivity index (χ1v) is 7.05. The minimum absolute atomic E-state index is 0.0269. The highest BCUT2D eigenvalue weighted by atomic mass is 32.2. The number of sulfonamides is 1. The summed E-state index contributed by atoms with van der Waals surface area (Å²) in [5.74, 6) is -1.02. The number of carbonyl (C=O) groups excluding carboxylic acids is 1. The van der Waals surface area contributed by atoms with Gasteiger partial charge in [-0.2, -0.15) is 4.31 Å². The van der Waals surface area contributed by atoms with Crippen LogP contribution in [0.15, 0.2) is 23.1 Å². The summed E-state index contributed by atoms with van der Waals surface area (Å²) in [4.78, 5) is 12.8. The van der Waals surface area contributed by atoms with Crippen molar-refractivity contribution in [1.82, 2.24) is 9.21 Å². The normalized spacial score (nSPS) is 17.8. The quantitative estimate of drug-likeness (QED) is 0.768. The molecule has 19 heavy (non-hydrogen) atoms. The molecule has 0 unspecified atom stereocenters. The van der Waals surface area contributed by atoms with E-state index in [0.717, 1.165) is 16.4 Å². The number of hydrogen-bond acceptors (Lipinski definition) is 4. The molecular formula is C11H14FN3O3S.